The number of ether oxygens (including phenoxy) is 2. The van der Waals surface area contributed by atoms with Gasteiger partial charge in [0.1, 0.15) is 11.3 Å². The highest BCUT2D eigenvalue weighted by atomic mass is 16.5. The zero-order valence-electron chi connectivity index (χ0n) is 19.1. The molecule has 9 nitrogen and oxygen atoms in total. The number of amides is 2. The third-order valence-corrected chi connectivity index (χ3v) is 5.47. The maximum absolute atomic E-state index is 12.4. The summed E-state index contributed by atoms with van der Waals surface area (Å²) in [6, 6.07) is 14.3. The molecular formula is C25H26N4O5. The zero-order valence-corrected chi connectivity index (χ0v) is 19.1. The SMILES string of the molecule is CCOC(=O)c1cnn(-c2cccc(NC(=O)COc3ccc(N4CCCC4=O)cc3)c2)c1C. The van der Waals surface area contributed by atoms with Crippen LogP contribution in [0.2, 0.25) is 0 Å². The lowest BCUT2D eigenvalue weighted by atomic mass is 10.2. The van der Waals surface area contributed by atoms with Crippen LogP contribution >= 0.6 is 0 Å². The van der Waals surface area contributed by atoms with Crippen molar-refractivity contribution in [2.75, 3.05) is 30.0 Å². The van der Waals surface area contributed by atoms with E-state index in [1.807, 2.05) is 18.2 Å². The van der Waals surface area contributed by atoms with E-state index in [0.29, 0.717) is 34.8 Å². The van der Waals surface area contributed by atoms with Gasteiger partial charge in [0.25, 0.3) is 5.91 Å². The Hall–Kier alpha value is -4.14. The maximum atomic E-state index is 12.4. The van der Waals surface area contributed by atoms with Gasteiger partial charge < -0.3 is 19.7 Å². The molecule has 3 aromatic rings. The Morgan fingerprint density at radius 2 is 1.91 bits per heavy atom. The normalized spacial score (nSPS) is 13.1. The van der Waals surface area contributed by atoms with Crippen LogP contribution in [0.15, 0.2) is 54.7 Å². The second-order valence-electron chi connectivity index (χ2n) is 7.81. The first-order chi connectivity index (χ1) is 16.5. The lowest BCUT2D eigenvalue weighted by Crippen LogP contribution is -2.23. The Kier molecular flexibility index (Phi) is 6.91. The zero-order chi connectivity index (χ0) is 24.1. The summed E-state index contributed by atoms with van der Waals surface area (Å²) in [4.78, 5) is 38.1. The summed E-state index contributed by atoms with van der Waals surface area (Å²) in [5.74, 6) is -0.0797. The highest BCUT2D eigenvalue weighted by molar-refractivity contribution is 5.95. The fourth-order valence-electron chi connectivity index (χ4n) is 3.78. The first kappa shape index (κ1) is 23.0. The van der Waals surface area contributed by atoms with Crippen LogP contribution in [-0.2, 0) is 14.3 Å². The Morgan fingerprint density at radius 3 is 2.62 bits per heavy atom. The average molecular weight is 463 g/mol. The minimum atomic E-state index is -0.423. The molecule has 0 unspecified atom stereocenters. The van der Waals surface area contributed by atoms with Crippen molar-refractivity contribution in [1.82, 2.24) is 9.78 Å². The summed E-state index contributed by atoms with van der Waals surface area (Å²) >= 11 is 0. The molecule has 0 radical (unpaired) electrons. The molecule has 1 N–H and O–H groups in total. The number of esters is 1. The third kappa shape index (κ3) is 5.09. The van der Waals surface area contributed by atoms with Crippen LogP contribution < -0.4 is 15.0 Å². The molecule has 0 bridgehead atoms. The number of carbonyl (C=O) groups is 3. The molecule has 1 aliphatic heterocycles. The highest BCUT2D eigenvalue weighted by Gasteiger charge is 2.21. The van der Waals surface area contributed by atoms with Crippen molar-refractivity contribution < 1.29 is 23.9 Å². The van der Waals surface area contributed by atoms with Gasteiger partial charge in [0, 0.05) is 24.3 Å². The molecule has 1 saturated heterocycles. The van der Waals surface area contributed by atoms with Gasteiger partial charge in [-0.15, -0.1) is 0 Å². The van der Waals surface area contributed by atoms with Gasteiger partial charge in [-0.25, -0.2) is 9.48 Å². The Labute approximate surface area is 197 Å². The fourth-order valence-corrected chi connectivity index (χ4v) is 3.78. The number of rotatable bonds is 8. The first-order valence-electron chi connectivity index (χ1n) is 11.1. The van der Waals surface area contributed by atoms with Crippen molar-refractivity contribution in [1.29, 1.82) is 0 Å². The standard InChI is InChI=1S/C25H26N4O5/c1-3-33-25(32)22-15-26-29(17(22)2)20-7-4-6-18(14-20)27-23(30)16-34-21-11-9-19(10-12-21)28-13-5-8-24(28)31/h4,6-7,9-12,14-15H,3,5,8,13,16H2,1-2H3,(H,27,30). The Bertz CT molecular complexity index is 1200. The quantitative estimate of drug-likeness (QED) is 0.514. The van der Waals surface area contributed by atoms with Crippen LogP contribution in [0.1, 0.15) is 35.8 Å². The second-order valence-corrected chi connectivity index (χ2v) is 7.81. The smallest absolute Gasteiger partial charge is 0.341 e. The molecule has 4 rings (SSSR count). The van der Waals surface area contributed by atoms with Gasteiger partial charge in [-0.2, -0.15) is 5.10 Å². The molecule has 2 amide bonds. The number of aromatic nitrogens is 2. The van der Waals surface area contributed by atoms with Crippen LogP contribution in [0, 0.1) is 6.92 Å². The van der Waals surface area contributed by atoms with E-state index in [1.54, 1.807) is 53.8 Å². The van der Waals surface area contributed by atoms with Crippen molar-refractivity contribution >= 4 is 29.2 Å². The first-order valence-corrected chi connectivity index (χ1v) is 11.1. The summed E-state index contributed by atoms with van der Waals surface area (Å²) in [6.07, 6.45) is 2.91. The topological polar surface area (TPSA) is 103 Å². The fraction of sp³-hybridized carbons (Fsp3) is 0.280. The third-order valence-electron chi connectivity index (χ3n) is 5.47. The van der Waals surface area contributed by atoms with Gasteiger partial charge in [-0.3, -0.25) is 9.59 Å². The minimum absolute atomic E-state index is 0.123. The number of carbonyl (C=O) groups excluding carboxylic acids is 3. The number of nitrogens with one attached hydrogen (secondary N) is 1. The molecule has 0 aliphatic carbocycles. The van der Waals surface area contributed by atoms with E-state index in [0.717, 1.165) is 18.7 Å². The van der Waals surface area contributed by atoms with Gasteiger partial charge >= 0.3 is 5.97 Å². The van der Waals surface area contributed by atoms with Crippen LogP contribution in [0.25, 0.3) is 5.69 Å². The van der Waals surface area contributed by atoms with Crippen molar-refractivity contribution in [3.8, 4) is 11.4 Å². The molecule has 0 spiro atoms. The van der Waals surface area contributed by atoms with Gasteiger partial charge in [0.2, 0.25) is 5.91 Å². The van der Waals surface area contributed by atoms with Crippen molar-refractivity contribution in [2.24, 2.45) is 0 Å². The van der Waals surface area contributed by atoms with Crippen LogP contribution in [-0.4, -0.2) is 47.3 Å². The van der Waals surface area contributed by atoms with E-state index in [-0.39, 0.29) is 25.0 Å². The molecule has 34 heavy (non-hydrogen) atoms. The number of hydrogen-bond donors (Lipinski definition) is 1. The predicted molar refractivity (Wildman–Crippen MR) is 126 cm³/mol. The van der Waals surface area contributed by atoms with E-state index in [1.165, 1.54) is 6.20 Å². The minimum Gasteiger partial charge on any atom is -0.484 e. The summed E-state index contributed by atoms with van der Waals surface area (Å²) in [5, 5.41) is 7.08. The number of benzene rings is 2. The van der Waals surface area contributed by atoms with E-state index in [4.69, 9.17) is 9.47 Å². The van der Waals surface area contributed by atoms with Crippen LogP contribution in [0.3, 0.4) is 0 Å². The van der Waals surface area contributed by atoms with Crippen LogP contribution in [0.4, 0.5) is 11.4 Å². The molecular weight excluding hydrogens is 436 g/mol. The van der Waals surface area contributed by atoms with Gasteiger partial charge in [0.05, 0.1) is 24.2 Å². The molecule has 2 aromatic carbocycles. The monoisotopic (exact) mass is 462 g/mol. The van der Waals surface area contributed by atoms with Gasteiger partial charge in [0.15, 0.2) is 6.61 Å². The number of nitrogens with zero attached hydrogens (tertiary/aromatic N) is 3. The highest BCUT2D eigenvalue weighted by Crippen LogP contribution is 2.24. The van der Waals surface area contributed by atoms with E-state index >= 15 is 0 Å². The Morgan fingerprint density at radius 1 is 1.12 bits per heavy atom. The second kappa shape index (κ2) is 10.2. The summed E-state index contributed by atoms with van der Waals surface area (Å²) in [7, 11) is 0. The van der Waals surface area contributed by atoms with Crippen molar-refractivity contribution in [2.45, 2.75) is 26.7 Å². The molecule has 1 fully saturated rings. The van der Waals surface area contributed by atoms with Gasteiger partial charge in [-0.05, 0) is 62.7 Å². The van der Waals surface area contributed by atoms with Crippen LogP contribution in [0.5, 0.6) is 5.75 Å². The van der Waals surface area contributed by atoms with Gasteiger partial charge in [-0.1, -0.05) is 6.07 Å². The summed E-state index contributed by atoms with van der Waals surface area (Å²) < 4.78 is 12.3. The molecule has 0 atom stereocenters. The summed E-state index contributed by atoms with van der Waals surface area (Å²) in [5.41, 5.74) is 3.13. The molecule has 1 aromatic heterocycles. The van der Waals surface area contributed by atoms with Crippen molar-refractivity contribution in [3.05, 3.63) is 66.0 Å². The molecule has 2 heterocycles. The molecule has 0 saturated carbocycles. The van der Waals surface area contributed by atoms with E-state index in [2.05, 4.69) is 10.4 Å². The molecule has 176 valence electrons. The maximum Gasteiger partial charge on any atom is 0.341 e. The lowest BCUT2D eigenvalue weighted by Gasteiger charge is -2.16. The largest absolute Gasteiger partial charge is 0.484 e. The van der Waals surface area contributed by atoms with Crippen molar-refractivity contribution in [3.63, 3.8) is 0 Å². The van der Waals surface area contributed by atoms with E-state index < -0.39 is 5.97 Å². The number of hydrogen-bond acceptors (Lipinski definition) is 6. The Balaban J connectivity index is 1.36. The average Bonchev–Trinajstić information content (AvgIpc) is 3.44. The summed E-state index contributed by atoms with van der Waals surface area (Å²) in [6.45, 7) is 4.38. The van der Waals surface area contributed by atoms with E-state index in [9.17, 15) is 14.4 Å². The lowest BCUT2D eigenvalue weighted by molar-refractivity contribution is -0.118. The predicted octanol–water partition coefficient (Wildman–Crippen LogP) is 3.50. The molecule has 1 aliphatic rings. The molecule has 9 heteroatoms. The number of anilines is 2.